The van der Waals surface area contributed by atoms with Gasteiger partial charge in [0, 0.05) is 17.3 Å². The van der Waals surface area contributed by atoms with Gasteiger partial charge in [0.25, 0.3) is 0 Å². The van der Waals surface area contributed by atoms with Gasteiger partial charge in [0.15, 0.2) is 5.13 Å². The number of likely N-dealkylation sites (tertiary alicyclic amines) is 1. The Labute approximate surface area is 169 Å². The number of nitrogens with zero attached hydrogens (tertiary/aromatic N) is 2. The lowest BCUT2D eigenvalue weighted by atomic mass is 9.95. The minimum atomic E-state index is -0.406. The Bertz CT molecular complexity index is 708. The van der Waals surface area contributed by atoms with Gasteiger partial charge in [-0.05, 0) is 52.6 Å². The highest BCUT2D eigenvalue weighted by molar-refractivity contribution is 7.13. The van der Waals surface area contributed by atoms with Crippen molar-refractivity contribution in [1.29, 1.82) is 0 Å². The number of carbonyl (C=O) groups is 3. The van der Waals surface area contributed by atoms with Crippen LogP contribution in [0.25, 0.3) is 0 Å². The van der Waals surface area contributed by atoms with Crippen LogP contribution in [0, 0.1) is 12.8 Å². The van der Waals surface area contributed by atoms with Crippen LogP contribution < -0.4 is 16.0 Å². The predicted molar refractivity (Wildman–Crippen MR) is 108 cm³/mol. The van der Waals surface area contributed by atoms with Crippen molar-refractivity contribution in [3.05, 3.63) is 11.1 Å². The highest BCUT2D eigenvalue weighted by Crippen LogP contribution is 2.22. The maximum absolute atomic E-state index is 12.4. The van der Waals surface area contributed by atoms with Crippen LogP contribution in [0.1, 0.15) is 51.1 Å². The van der Waals surface area contributed by atoms with Crippen molar-refractivity contribution in [1.82, 2.24) is 20.5 Å². The van der Waals surface area contributed by atoms with Crippen LogP contribution in [0.3, 0.4) is 0 Å². The molecule has 2 heterocycles. The van der Waals surface area contributed by atoms with Crippen LogP contribution in [0.5, 0.6) is 0 Å². The predicted octanol–water partition coefficient (Wildman–Crippen LogP) is 2.26. The Balaban J connectivity index is 1.41. The Morgan fingerprint density at radius 2 is 1.86 bits per heavy atom. The van der Waals surface area contributed by atoms with E-state index in [1.807, 2.05) is 17.2 Å². The van der Waals surface area contributed by atoms with Crippen LogP contribution in [0.15, 0.2) is 5.38 Å². The average molecular weight is 408 g/mol. The first-order chi connectivity index (χ1) is 13.4. The number of piperidine rings is 1. The Morgan fingerprint density at radius 3 is 2.46 bits per heavy atom. The monoisotopic (exact) mass is 407 g/mol. The molecule has 0 unspecified atom stereocenters. The van der Waals surface area contributed by atoms with Gasteiger partial charge >= 0.3 is 6.03 Å². The summed E-state index contributed by atoms with van der Waals surface area (Å²) in [6.45, 7) is 4.99. The van der Waals surface area contributed by atoms with E-state index in [-0.39, 0.29) is 23.8 Å². The number of amides is 4. The molecule has 3 rings (SSSR count). The average Bonchev–Trinajstić information content (AvgIpc) is 3.32. The molecular weight excluding hydrogens is 378 g/mol. The first-order valence-electron chi connectivity index (χ1n) is 10.0. The number of aromatic nitrogens is 1. The second-order valence-corrected chi connectivity index (χ2v) is 8.57. The molecule has 8 nitrogen and oxygen atoms in total. The van der Waals surface area contributed by atoms with Crippen LogP contribution in [-0.2, 0) is 9.59 Å². The van der Waals surface area contributed by atoms with Crippen molar-refractivity contribution in [2.45, 2.75) is 64.5 Å². The normalized spacial score (nSPS) is 19.9. The molecular formula is C19H29N5O3S. The molecule has 0 radical (unpaired) electrons. The summed E-state index contributed by atoms with van der Waals surface area (Å²) in [6.07, 6.45) is 5.57. The molecule has 0 aromatic carbocycles. The van der Waals surface area contributed by atoms with Gasteiger partial charge in [-0.2, -0.15) is 0 Å². The largest absolute Gasteiger partial charge is 0.335 e. The molecule has 1 aromatic heterocycles. The highest BCUT2D eigenvalue weighted by atomic mass is 32.1. The Morgan fingerprint density at radius 1 is 1.18 bits per heavy atom. The fraction of sp³-hybridized carbons (Fsp3) is 0.684. The van der Waals surface area contributed by atoms with E-state index in [1.165, 1.54) is 11.3 Å². The fourth-order valence-electron chi connectivity index (χ4n) is 3.84. The third kappa shape index (κ3) is 5.51. The first-order valence-corrected chi connectivity index (χ1v) is 10.9. The molecule has 9 heteroatoms. The number of anilines is 1. The summed E-state index contributed by atoms with van der Waals surface area (Å²) in [6, 6.07) is -0.629. The molecule has 1 aromatic rings. The number of hydrogen-bond acceptors (Lipinski definition) is 6. The number of hydrogen-bond donors (Lipinski definition) is 3. The molecule has 2 aliphatic rings. The van der Waals surface area contributed by atoms with E-state index >= 15 is 0 Å². The standard InChI is InChI=1S/C19H29N5O3S/c1-12-11-28-19(20-12)23-17(26)14-7-9-24(10-8-14)13(2)16(25)22-18(27)21-15-5-3-4-6-15/h11,13-15H,3-10H2,1-2H3,(H,20,23,26)(H2,21,22,25,27)/t13-/m0/s1. The Kier molecular flexibility index (Phi) is 7.01. The summed E-state index contributed by atoms with van der Waals surface area (Å²) < 4.78 is 0. The van der Waals surface area contributed by atoms with E-state index in [0.717, 1.165) is 31.4 Å². The van der Waals surface area contributed by atoms with Gasteiger partial charge in [0.05, 0.1) is 11.7 Å². The molecule has 2 fully saturated rings. The van der Waals surface area contributed by atoms with E-state index in [9.17, 15) is 14.4 Å². The van der Waals surface area contributed by atoms with Gasteiger partial charge in [0.2, 0.25) is 11.8 Å². The van der Waals surface area contributed by atoms with E-state index < -0.39 is 12.1 Å². The van der Waals surface area contributed by atoms with Crippen LogP contribution >= 0.6 is 11.3 Å². The summed E-state index contributed by atoms with van der Waals surface area (Å²) in [5, 5.41) is 10.7. The van der Waals surface area contributed by atoms with E-state index in [0.29, 0.717) is 31.1 Å². The van der Waals surface area contributed by atoms with Gasteiger partial charge in [-0.15, -0.1) is 11.3 Å². The second-order valence-electron chi connectivity index (χ2n) is 7.71. The van der Waals surface area contributed by atoms with Crippen LogP contribution in [0.2, 0.25) is 0 Å². The molecule has 0 spiro atoms. The van der Waals surface area contributed by atoms with E-state index in [1.54, 1.807) is 6.92 Å². The molecule has 1 saturated heterocycles. The summed E-state index contributed by atoms with van der Waals surface area (Å²) in [4.78, 5) is 43.1. The third-order valence-corrected chi connectivity index (χ3v) is 6.48. The SMILES string of the molecule is Cc1csc(NC(=O)C2CCN([C@@H](C)C(=O)NC(=O)NC3CCCC3)CC2)n1. The van der Waals surface area contributed by atoms with Gasteiger partial charge in [0.1, 0.15) is 0 Å². The number of nitrogens with one attached hydrogen (secondary N) is 3. The van der Waals surface area contributed by atoms with Crippen molar-refractivity contribution in [3.8, 4) is 0 Å². The quantitative estimate of drug-likeness (QED) is 0.695. The molecule has 0 bridgehead atoms. The summed E-state index contributed by atoms with van der Waals surface area (Å²) in [5.74, 6) is -0.389. The summed E-state index contributed by atoms with van der Waals surface area (Å²) in [5.41, 5.74) is 0.895. The molecule has 154 valence electrons. The summed E-state index contributed by atoms with van der Waals surface area (Å²) >= 11 is 1.42. The minimum Gasteiger partial charge on any atom is -0.335 e. The highest BCUT2D eigenvalue weighted by Gasteiger charge is 2.31. The number of thiazole rings is 1. The topological polar surface area (TPSA) is 103 Å². The number of carbonyl (C=O) groups excluding carboxylic acids is 3. The van der Waals surface area contributed by atoms with Crippen molar-refractivity contribution in [2.75, 3.05) is 18.4 Å². The maximum atomic E-state index is 12.4. The number of urea groups is 1. The Hall–Kier alpha value is -2.00. The molecule has 1 atom stereocenters. The van der Waals surface area contributed by atoms with Gasteiger partial charge in [-0.1, -0.05) is 12.8 Å². The fourth-order valence-corrected chi connectivity index (χ4v) is 4.53. The second kappa shape index (κ2) is 9.47. The van der Waals surface area contributed by atoms with Crippen molar-refractivity contribution in [2.24, 2.45) is 5.92 Å². The van der Waals surface area contributed by atoms with Crippen molar-refractivity contribution < 1.29 is 14.4 Å². The molecule has 3 N–H and O–H groups in total. The number of aryl methyl sites for hydroxylation is 1. The zero-order valence-electron chi connectivity index (χ0n) is 16.5. The first kappa shape index (κ1) is 20.7. The molecule has 1 aliphatic heterocycles. The van der Waals surface area contributed by atoms with Crippen molar-refractivity contribution in [3.63, 3.8) is 0 Å². The third-order valence-electron chi connectivity index (χ3n) is 5.60. The van der Waals surface area contributed by atoms with Gasteiger partial charge in [-0.3, -0.25) is 19.8 Å². The van der Waals surface area contributed by atoms with Crippen LogP contribution in [-0.4, -0.2) is 52.9 Å². The van der Waals surface area contributed by atoms with E-state index in [4.69, 9.17) is 0 Å². The lowest BCUT2D eigenvalue weighted by molar-refractivity contribution is -0.126. The van der Waals surface area contributed by atoms with Gasteiger partial charge in [-0.25, -0.2) is 9.78 Å². The zero-order chi connectivity index (χ0) is 20.1. The number of imide groups is 1. The lowest BCUT2D eigenvalue weighted by Crippen LogP contribution is -2.53. The number of rotatable bonds is 5. The zero-order valence-corrected chi connectivity index (χ0v) is 17.3. The lowest BCUT2D eigenvalue weighted by Gasteiger charge is -2.34. The maximum Gasteiger partial charge on any atom is 0.321 e. The molecule has 1 saturated carbocycles. The smallest absolute Gasteiger partial charge is 0.321 e. The van der Waals surface area contributed by atoms with Gasteiger partial charge < -0.3 is 10.6 Å². The van der Waals surface area contributed by atoms with Crippen molar-refractivity contribution >= 4 is 34.3 Å². The molecule has 28 heavy (non-hydrogen) atoms. The molecule has 1 aliphatic carbocycles. The summed E-state index contributed by atoms with van der Waals surface area (Å²) in [7, 11) is 0. The van der Waals surface area contributed by atoms with Crippen LogP contribution in [0.4, 0.5) is 9.93 Å². The molecule has 4 amide bonds. The minimum absolute atomic E-state index is 0.0120. The van der Waals surface area contributed by atoms with E-state index in [2.05, 4.69) is 20.9 Å².